The first kappa shape index (κ1) is 23.3. The molecule has 7 nitrogen and oxygen atoms in total. The Bertz CT molecular complexity index is 1100. The molecule has 1 aliphatic carbocycles. The Balaban J connectivity index is 1.78. The summed E-state index contributed by atoms with van der Waals surface area (Å²) in [6.07, 6.45) is 4.12. The zero-order valence-corrected chi connectivity index (χ0v) is 20.1. The summed E-state index contributed by atoms with van der Waals surface area (Å²) in [5.74, 6) is 0.508. The minimum Gasteiger partial charge on any atom is -0.496 e. The average molecular weight is 448 g/mol. The van der Waals surface area contributed by atoms with Gasteiger partial charge in [0, 0.05) is 24.1 Å². The maximum Gasteiger partial charge on any atom is 0.237 e. The van der Waals surface area contributed by atoms with Crippen LogP contribution >= 0.6 is 0 Å². The number of aryl methyl sites for hydroxylation is 3. The van der Waals surface area contributed by atoms with Crippen LogP contribution in [0.4, 0.5) is 0 Å². The van der Waals surface area contributed by atoms with Crippen molar-refractivity contribution in [2.45, 2.75) is 78.5 Å². The van der Waals surface area contributed by atoms with E-state index in [2.05, 4.69) is 22.8 Å². The van der Waals surface area contributed by atoms with Crippen LogP contribution in [-0.2, 0) is 40.6 Å². The van der Waals surface area contributed by atoms with Crippen molar-refractivity contribution in [3.05, 3.63) is 45.3 Å². The van der Waals surface area contributed by atoms with Gasteiger partial charge in [0.25, 0.3) is 0 Å². The third-order valence-electron chi connectivity index (χ3n) is 6.16. The van der Waals surface area contributed by atoms with Crippen molar-refractivity contribution < 1.29 is 17.9 Å². The molecule has 2 aromatic rings. The second kappa shape index (κ2) is 9.02. The summed E-state index contributed by atoms with van der Waals surface area (Å²) in [7, 11) is -1.87. The Labute approximate surface area is 185 Å². The van der Waals surface area contributed by atoms with E-state index >= 15 is 0 Å². The van der Waals surface area contributed by atoms with E-state index in [9.17, 15) is 13.2 Å². The van der Waals surface area contributed by atoms with Crippen LogP contribution in [0.1, 0.15) is 65.9 Å². The predicted molar refractivity (Wildman–Crippen MR) is 121 cm³/mol. The molecule has 0 saturated carbocycles. The number of ether oxygens (including phenoxy) is 1. The van der Waals surface area contributed by atoms with Gasteiger partial charge in [0.15, 0.2) is 0 Å². The van der Waals surface area contributed by atoms with Crippen LogP contribution in [-0.4, -0.2) is 36.5 Å². The van der Waals surface area contributed by atoms with Gasteiger partial charge in [-0.05, 0) is 76.1 Å². The fourth-order valence-electron chi connectivity index (χ4n) is 4.38. The van der Waals surface area contributed by atoms with Crippen molar-refractivity contribution >= 4 is 15.9 Å². The fraction of sp³-hybridized carbons (Fsp3) is 0.565. The van der Waals surface area contributed by atoms with E-state index in [0.29, 0.717) is 6.54 Å². The number of rotatable bonds is 8. The van der Waals surface area contributed by atoms with Crippen LogP contribution in [0.15, 0.2) is 6.07 Å². The van der Waals surface area contributed by atoms with Crippen molar-refractivity contribution in [2.24, 2.45) is 0 Å². The third-order valence-corrected chi connectivity index (χ3v) is 7.91. The van der Waals surface area contributed by atoms with Crippen molar-refractivity contribution in [3.8, 4) is 5.75 Å². The normalized spacial score (nSPS) is 13.5. The first-order valence-electron chi connectivity index (χ1n) is 10.8. The summed E-state index contributed by atoms with van der Waals surface area (Å²) in [6.45, 7) is 9.51. The lowest BCUT2D eigenvalue weighted by Crippen LogP contribution is -2.36. The van der Waals surface area contributed by atoms with Gasteiger partial charge >= 0.3 is 0 Å². The molecule has 0 saturated heterocycles. The Morgan fingerprint density at radius 2 is 1.90 bits per heavy atom. The largest absolute Gasteiger partial charge is 0.496 e. The maximum absolute atomic E-state index is 12.1. The molecule has 0 spiro atoms. The fourth-order valence-corrected chi connectivity index (χ4v) is 5.03. The molecule has 0 aliphatic heterocycles. The lowest BCUT2D eigenvalue weighted by Gasteiger charge is -2.16. The molecule has 0 bridgehead atoms. The highest BCUT2D eigenvalue weighted by molar-refractivity contribution is 7.90. The molecule has 1 aromatic heterocycles. The van der Waals surface area contributed by atoms with Crippen LogP contribution in [0.2, 0.25) is 0 Å². The molecule has 1 heterocycles. The van der Waals surface area contributed by atoms with E-state index in [-0.39, 0.29) is 6.42 Å². The molecule has 0 atom stereocenters. The first-order chi connectivity index (χ1) is 14.5. The smallest absolute Gasteiger partial charge is 0.237 e. The predicted octanol–water partition coefficient (Wildman–Crippen LogP) is 3.14. The standard InChI is InChI=1S/C23H33N3O4S/c1-14(2)31(28,29)25-22(27)10-11-26-17(5)21(16(4)24-26)13-18-12-15(3)23(30-6)20-9-7-8-19(18)20/h12,14H,7-11,13H2,1-6H3,(H,25,27). The number of nitrogens with zero attached hydrogens (tertiary/aromatic N) is 2. The van der Waals surface area contributed by atoms with Crippen molar-refractivity contribution in [1.29, 1.82) is 0 Å². The Morgan fingerprint density at radius 1 is 1.23 bits per heavy atom. The number of nitrogens with one attached hydrogen (secondary N) is 1. The summed E-state index contributed by atoms with van der Waals surface area (Å²) in [5, 5.41) is 3.98. The average Bonchev–Trinajstić information content (AvgIpc) is 3.26. The zero-order valence-electron chi connectivity index (χ0n) is 19.3. The van der Waals surface area contributed by atoms with Crippen LogP contribution in [0, 0.1) is 20.8 Å². The number of amides is 1. The van der Waals surface area contributed by atoms with E-state index in [1.807, 2.05) is 18.5 Å². The number of carbonyl (C=O) groups excluding carboxylic acids is 1. The van der Waals surface area contributed by atoms with Gasteiger partial charge < -0.3 is 4.74 Å². The minimum absolute atomic E-state index is 0.0599. The Kier molecular flexibility index (Phi) is 6.79. The Hall–Kier alpha value is -2.35. The maximum atomic E-state index is 12.1. The molecule has 0 fully saturated rings. The number of hydrogen-bond acceptors (Lipinski definition) is 5. The molecule has 1 amide bonds. The molecule has 170 valence electrons. The van der Waals surface area contributed by atoms with E-state index in [0.717, 1.165) is 53.9 Å². The number of benzene rings is 1. The highest BCUT2D eigenvalue weighted by Crippen LogP contribution is 2.37. The molecule has 0 radical (unpaired) electrons. The monoisotopic (exact) mass is 447 g/mol. The van der Waals surface area contributed by atoms with Crippen molar-refractivity contribution in [2.75, 3.05) is 7.11 Å². The molecule has 3 rings (SSSR count). The molecule has 0 unspecified atom stereocenters. The van der Waals surface area contributed by atoms with E-state index < -0.39 is 21.2 Å². The molecule has 31 heavy (non-hydrogen) atoms. The first-order valence-corrected chi connectivity index (χ1v) is 12.3. The minimum atomic E-state index is -3.61. The van der Waals surface area contributed by atoms with Gasteiger partial charge in [-0.25, -0.2) is 8.42 Å². The van der Waals surface area contributed by atoms with Gasteiger partial charge in [0.1, 0.15) is 5.75 Å². The summed E-state index contributed by atoms with van der Waals surface area (Å²) < 4.78 is 33.4. The molecule has 8 heteroatoms. The molecule has 1 aliphatic rings. The summed E-state index contributed by atoms with van der Waals surface area (Å²) >= 11 is 0. The van der Waals surface area contributed by atoms with Gasteiger partial charge in [-0.1, -0.05) is 6.07 Å². The second-order valence-electron chi connectivity index (χ2n) is 8.61. The number of hydrogen-bond donors (Lipinski definition) is 1. The highest BCUT2D eigenvalue weighted by Gasteiger charge is 2.23. The molecular weight excluding hydrogens is 414 g/mol. The third kappa shape index (κ3) is 4.79. The molecule has 1 aromatic carbocycles. The van der Waals surface area contributed by atoms with Crippen LogP contribution < -0.4 is 9.46 Å². The van der Waals surface area contributed by atoms with Gasteiger partial charge in [0.2, 0.25) is 15.9 Å². The topological polar surface area (TPSA) is 90.3 Å². The number of aromatic nitrogens is 2. The van der Waals surface area contributed by atoms with E-state index in [1.54, 1.807) is 21.0 Å². The van der Waals surface area contributed by atoms with Crippen LogP contribution in [0.25, 0.3) is 0 Å². The molecular formula is C23H33N3O4S. The van der Waals surface area contributed by atoms with Gasteiger partial charge in [-0.3, -0.25) is 14.2 Å². The van der Waals surface area contributed by atoms with E-state index in [1.165, 1.54) is 16.7 Å². The zero-order chi connectivity index (χ0) is 22.9. The number of methoxy groups -OCH3 is 1. The Morgan fingerprint density at radius 3 is 2.55 bits per heavy atom. The quantitative estimate of drug-likeness (QED) is 0.671. The van der Waals surface area contributed by atoms with Gasteiger partial charge in [0.05, 0.1) is 24.6 Å². The highest BCUT2D eigenvalue weighted by atomic mass is 32.2. The lowest BCUT2D eigenvalue weighted by molar-refractivity contribution is -0.119. The van der Waals surface area contributed by atoms with Gasteiger partial charge in [-0.15, -0.1) is 0 Å². The van der Waals surface area contributed by atoms with E-state index in [4.69, 9.17) is 4.74 Å². The summed E-state index contributed by atoms with van der Waals surface area (Å²) in [5.41, 5.74) is 8.32. The number of carbonyl (C=O) groups is 1. The van der Waals surface area contributed by atoms with Gasteiger partial charge in [-0.2, -0.15) is 5.10 Å². The van der Waals surface area contributed by atoms with Crippen LogP contribution in [0.3, 0.4) is 0 Å². The number of fused-ring (bicyclic) bond motifs is 1. The van der Waals surface area contributed by atoms with Crippen molar-refractivity contribution in [1.82, 2.24) is 14.5 Å². The summed E-state index contributed by atoms with van der Waals surface area (Å²) in [6, 6.07) is 2.23. The summed E-state index contributed by atoms with van der Waals surface area (Å²) in [4.78, 5) is 12.1. The molecule has 1 N–H and O–H groups in total. The SMILES string of the molecule is COc1c(C)cc(Cc2c(C)nn(CCC(=O)NS(=O)(=O)C(C)C)c2C)c2c1CCC2. The second-order valence-corrected chi connectivity index (χ2v) is 10.9. The van der Waals surface area contributed by atoms with Crippen LogP contribution in [0.5, 0.6) is 5.75 Å². The number of sulfonamides is 1. The van der Waals surface area contributed by atoms with Crippen molar-refractivity contribution in [3.63, 3.8) is 0 Å². The lowest BCUT2D eigenvalue weighted by atomic mass is 9.93.